The average molecular weight is 427 g/mol. The van der Waals surface area contributed by atoms with E-state index in [1.54, 1.807) is 17.8 Å². The average Bonchev–Trinajstić information content (AvgIpc) is 2.76. The van der Waals surface area contributed by atoms with Crippen molar-refractivity contribution in [3.63, 3.8) is 0 Å². The molecule has 1 aliphatic heterocycles. The second-order valence-corrected chi connectivity index (χ2v) is 8.82. The van der Waals surface area contributed by atoms with Crippen LogP contribution in [0.3, 0.4) is 0 Å². The summed E-state index contributed by atoms with van der Waals surface area (Å²) in [4.78, 5) is 28.8. The molecule has 0 aliphatic carbocycles. The van der Waals surface area contributed by atoms with Gasteiger partial charge >= 0.3 is 0 Å². The molecule has 0 unspecified atom stereocenters. The number of nitrogens with one attached hydrogen (secondary N) is 1. The molecule has 3 aromatic rings. The van der Waals surface area contributed by atoms with Crippen LogP contribution >= 0.6 is 23.5 Å². The fourth-order valence-electron chi connectivity index (χ4n) is 3.37. The van der Waals surface area contributed by atoms with Crippen molar-refractivity contribution < 1.29 is 4.79 Å². The SMILES string of the molecule is CSc1cccc(NC(=O)Cn2nc(N3CCSCC3)c3ccccc3c2=O)c1. The minimum Gasteiger partial charge on any atom is -0.353 e. The van der Waals surface area contributed by atoms with Crippen LogP contribution in [0.1, 0.15) is 0 Å². The molecule has 1 N–H and O–H groups in total. The summed E-state index contributed by atoms with van der Waals surface area (Å²) in [7, 11) is 0. The van der Waals surface area contributed by atoms with Gasteiger partial charge in [0.05, 0.1) is 5.39 Å². The van der Waals surface area contributed by atoms with E-state index in [2.05, 4.69) is 15.3 Å². The van der Waals surface area contributed by atoms with E-state index < -0.39 is 0 Å². The highest BCUT2D eigenvalue weighted by Crippen LogP contribution is 2.24. The maximum absolute atomic E-state index is 12.9. The summed E-state index contributed by atoms with van der Waals surface area (Å²) in [6.07, 6.45) is 1.99. The van der Waals surface area contributed by atoms with Crippen molar-refractivity contribution >= 4 is 51.7 Å². The second-order valence-electron chi connectivity index (χ2n) is 6.71. The molecule has 2 aromatic carbocycles. The number of amides is 1. The molecule has 2 heterocycles. The number of benzene rings is 2. The largest absolute Gasteiger partial charge is 0.353 e. The third-order valence-electron chi connectivity index (χ3n) is 4.81. The predicted octanol–water partition coefficient (Wildman–Crippen LogP) is 3.31. The Balaban J connectivity index is 1.65. The number of carbonyl (C=O) groups is 1. The van der Waals surface area contributed by atoms with E-state index in [9.17, 15) is 9.59 Å². The molecule has 0 bridgehead atoms. The van der Waals surface area contributed by atoms with Crippen molar-refractivity contribution in [2.45, 2.75) is 11.4 Å². The summed E-state index contributed by atoms with van der Waals surface area (Å²) in [5.74, 6) is 2.56. The maximum atomic E-state index is 12.9. The van der Waals surface area contributed by atoms with E-state index in [0.717, 1.165) is 40.7 Å². The first kappa shape index (κ1) is 19.8. The minimum atomic E-state index is -0.270. The highest BCUT2D eigenvalue weighted by Gasteiger charge is 2.19. The fraction of sp³-hybridized carbons (Fsp3) is 0.286. The van der Waals surface area contributed by atoms with Crippen molar-refractivity contribution in [2.24, 2.45) is 0 Å². The van der Waals surface area contributed by atoms with Crippen LogP contribution in [-0.4, -0.2) is 46.5 Å². The third-order valence-corrected chi connectivity index (χ3v) is 6.47. The van der Waals surface area contributed by atoms with Gasteiger partial charge < -0.3 is 10.2 Å². The zero-order valence-corrected chi connectivity index (χ0v) is 17.8. The summed E-state index contributed by atoms with van der Waals surface area (Å²) in [6.45, 7) is 1.64. The molecule has 0 atom stereocenters. The smallest absolute Gasteiger partial charge is 0.275 e. The van der Waals surface area contributed by atoms with Crippen LogP contribution in [0.15, 0.2) is 58.2 Å². The molecule has 4 rings (SSSR count). The first-order chi connectivity index (χ1) is 14.2. The number of anilines is 2. The topological polar surface area (TPSA) is 67.2 Å². The molecule has 1 aromatic heterocycles. The van der Waals surface area contributed by atoms with Crippen LogP contribution in [0.2, 0.25) is 0 Å². The number of carbonyl (C=O) groups excluding carboxylic acids is 1. The summed E-state index contributed by atoms with van der Waals surface area (Å²) in [5, 5.41) is 8.90. The molecular weight excluding hydrogens is 404 g/mol. The Bertz CT molecular complexity index is 1090. The lowest BCUT2D eigenvalue weighted by Crippen LogP contribution is -2.37. The molecule has 6 nitrogen and oxygen atoms in total. The number of rotatable bonds is 5. The maximum Gasteiger partial charge on any atom is 0.275 e. The van der Waals surface area contributed by atoms with Crippen LogP contribution in [0, 0.1) is 0 Å². The molecule has 1 aliphatic rings. The van der Waals surface area contributed by atoms with Gasteiger partial charge in [0, 0.05) is 40.6 Å². The van der Waals surface area contributed by atoms with E-state index in [4.69, 9.17) is 0 Å². The van der Waals surface area contributed by atoms with E-state index in [0.29, 0.717) is 11.1 Å². The van der Waals surface area contributed by atoms with Gasteiger partial charge in [-0.25, -0.2) is 4.68 Å². The lowest BCUT2D eigenvalue weighted by molar-refractivity contribution is -0.117. The molecule has 150 valence electrons. The number of aromatic nitrogens is 2. The van der Waals surface area contributed by atoms with Crippen molar-refractivity contribution in [1.82, 2.24) is 9.78 Å². The summed E-state index contributed by atoms with van der Waals surface area (Å²) < 4.78 is 1.28. The first-order valence-electron chi connectivity index (χ1n) is 9.42. The lowest BCUT2D eigenvalue weighted by atomic mass is 10.1. The Labute approximate surface area is 177 Å². The van der Waals surface area contributed by atoms with Crippen LogP contribution in [0.25, 0.3) is 10.8 Å². The number of nitrogens with zero attached hydrogens (tertiary/aromatic N) is 3. The predicted molar refractivity (Wildman–Crippen MR) is 122 cm³/mol. The zero-order chi connectivity index (χ0) is 20.2. The highest BCUT2D eigenvalue weighted by atomic mass is 32.2. The van der Waals surface area contributed by atoms with Gasteiger partial charge in [0.25, 0.3) is 5.56 Å². The molecule has 1 saturated heterocycles. The van der Waals surface area contributed by atoms with Gasteiger partial charge in [-0.15, -0.1) is 11.8 Å². The van der Waals surface area contributed by atoms with Gasteiger partial charge in [-0.05, 0) is 30.5 Å². The molecule has 8 heteroatoms. The van der Waals surface area contributed by atoms with Gasteiger partial charge in [0.15, 0.2) is 5.82 Å². The van der Waals surface area contributed by atoms with Gasteiger partial charge in [0.2, 0.25) is 5.91 Å². The zero-order valence-electron chi connectivity index (χ0n) is 16.1. The number of thioether (sulfide) groups is 2. The molecule has 0 spiro atoms. The standard InChI is InChI=1S/C21H22N4O2S2/c1-28-16-6-4-5-15(13-16)22-19(26)14-25-21(27)18-8-3-2-7-17(18)20(23-25)24-9-11-29-12-10-24/h2-8,13H,9-12,14H2,1H3,(H,22,26). The second kappa shape index (κ2) is 8.92. The third kappa shape index (κ3) is 4.43. The minimum absolute atomic E-state index is 0.122. The van der Waals surface area contributed by atoms with E-state index >= 15 is 0 Å². The molecular formula is C21H22N4O2S2. The van der Waals surface area contributed by atoms with Crippen LogP contribution < -0.4 is 15.8 Å². The summed E-state index contributed by atoms with van der Waals surface area (Å²) >= 11 is 3.53. The lowest BCUT2D eigenvalue weighted by Gasteiger charge is -2.28. The molecule has 0 radical (unpaired) electrons. The van der Waals surface area contributed by atoms with Crippen LogP contribution in [0.5, 0.6) is 0 Å². The van der Waals surface area contributed by atoms with Gasteiger partial charge in [0.1, 0.15) is 6.54 Å². The van der Waals surface area contributed by atoms with Gasteiger partial charge in [-0.2, -0.15) is 16.9 Å². The molecule has 1 fully saturated rings. The Morgan fingerprint density at radius 1 is 1.14 bits per heavy atom. The number of hydrogen-bond acceptors (Lipinski definition) is 6. The molecule has 0 saturated carbocycles. The van der Waals surface area contributed by atoms with Gasteiger partial charge in [-0.1, -0.05) is 24.3 Å². The first-order valence-corrected chi connectivity index (χ1v) is 11.8. The number of hydrogen-bond donors (Lipinski definition) is 1. The van der Waals surface area contributed by atoms with E-state index in [1.165, 1.54) is 4.68 Å². The summed E-state index contributed by atoms with van der Waals surface area (Å²) in [5.41, 5.74) is 0.465. The highest BCUT2D eigenvalue weighted by molar-refractivity contribution is 7.99. The Morgan fingerprint density at radius 3 is 2.66 bits per heavy atom. The van der Waals surface area contributed by atoms with Crippen molar-refractivity contribution in [1.29, 1.82) is 0 Å². The fourth-order valence-corrected chi connectivity index (χ4v) is 4.73. The quantitative estimate of drug-likeness (QED) is 0.632. The normalized spacial score (nSPS) is 14.2. The Kier molecular flexibility index (Phi) is 6.10. The van der Waals surface area contributed by atoms with Crippen molar-refractivity contribution in [3.05, 3.63) is 58.9 Å². The van der Waals surface area contributed by atoms with Crippen LogP contribution in [0.4, 0.5) is 11.5 Å². The Hall–Kier alpha value is -2.45. The molecule has 29 heavy (non-hydrogen) atoms. The molecule has 1 amide bonds. The van der Waals surface area contributed by atoms with Gasteiger partial charge in [-0.3, -0.25) is 9.59 Å². The monoisotopic (exact) mass is 426 g/mol. The van der Waals surface area contributed by atoms with E-state index in [1.807, 2.05) is 60.5 Å². The van der Waals surface area contributed by atoms with Crippen molar-refractivity contribution in [2.75, 3.05) is 41.1 Å². The number of fused-ring (bicyclic) bond motifs is 1. The summed E-state index contributed by atoms with van der Waals surface area (Å²) in [6, 6.07) is 15.1. The van der Waals surface area contributed by atoms with Crippen LogP contribution in [-0.2, 0) is 11.3 Å². The van der Waals surface area contributed by atoms with E-state index in [-0.39, 0.29) is 18.0 Å². The van der Waals surface area contributed by atoms with Crippen molar-refractivity contribution in [3.8, 4) is 0 Å². The Morgan fingerprint density at radius 2 is 1.90 bits per heavy atom.